The normalized spacial score (nSPS) is 11.1. The summed E-state index contributed by atoms with van der Waals surface area (Å²) in [5.41, 5.74) is 4.44. The van der Waals surface area contributed by atoms with Gasteiger partial charge < -0.3 is 14.9 Å². The van der Waals surface area contributed by atoms with Gasteiger partial charge in [0.15, 0.2) is 0 Å². The summed E-state index contributed by atoms with van der Waals surface area (Å²) >= 11 is 0. The van der Waals surface area contributed by atoms with E-state index in [2.05, 4.69) is 15.3 Å². The van der Waals surface area contributed by atoms with Crippen molar-refractivity contribution < 1.29 is 9.18 Å². The highest BCUT2D eigenvalue weighted by molar-refractivity contribution is 6.04. The van der Waals surface area contributed by atoms with Crippen molar-refractivity contribution >= 4 is 22.6 Å². The Morgan fingerprint density at radius 2 is 2.00 bits per heavy atom. The first kappa shape index (κ1) is 17.0. The number of benzene rings is 2. The first-order valence-electron chi connectivity index (χ1n) is 8.67. The van der Waals surface area contributed by atoms with E-state index in [0.717, 1.165) is 16.7 Å². The molecular formula is C21H19FN4O. The fraction of sp³-hybridized carbons (Fsp3) is 0.143. The zero-order valence-corrected chi connectivity index (χ0v) is 15.1. The van der Waals surface area contributed by atoms with Gasteiger partial charge in [0.2, 0.25) is 0 Å². The number of amides is 1. The molecule has 0 spiro atoms. The number of aryl methyl sites for hydroxylation is 1. The number of halogens is 1. The minimum Gasteiger partial charge on any atom is -0.344 e. The number of nitrogens with one attached hydrogen (secondary N) is 2. The van der Waals surface area contributed by atoms with E-state index in [9.17, 15) is 9.18 Å². The molecule has 0 unspecified atom stereocenters. The van der Waals surface area contributed by atoms with Crippen molar-refractivity contribution in [2.75, 3.05) is 5.32 Å². The zero-order chi connectivity index (χ0) is 19.0. The fourth-order valence-corrected chi connectivity index (χ4v) is 3.08. The second kappa shape index (κ2) is 6.72. The maximum atomic E-state index is 13.8. The van der Waals surface area contributed by atoms with Crippen molar-refractivity contribution in [1.82, 2.24) is 14.5 Å². The molecule has 0 atom stereocenters. The third-order valence-electron chi connectivity index (χ3n) is 4.71. The molecule has 6 heteroatoms. The molecule has 2 aromatic heterocycles. The molecule has 0 bridgehead atoms. The molecule has 2 aromatic carbocycles. The lowest BCUT2D eigenvalue weighted by atomic mass is 10.1. The Labute approximate surface area is 155 Å². The Kier molecular flexibility index (Phi) is 4.24. The van der Waals surface area contributed by atoms with Crippen LogP contribution in [0.25, 0.3) is 11.0 Å². The van der Waals surface area contributed by atoms with Gasteiger partial charge in [0.05, 0.1) is 11.0 Å². The van der Waals surface area contributed by atoms with Gasteiger partial charge in [-0.25, -0.2) is 9.37 Å². The molecule has 1 amide bonds. The van der Waals surface area contributed by atoms with Gasteiger partial charge >= 0.3 is 0 Å². The van der Waals surface area contributed by atoms with Gasteiger partial charge in [0, 0.05) is 24.8 Å². The molecule has 0 radical (unpaired) electrons. The number of nitrogens with zero attached hydrogens (tertiary/aromatic N) is 2. The Hall–Kier alpha value is -3.41. The van der Waals surface area contributed by atoms with Crippen molar-refractivity contribution in [3.05, 3.63) is 83.2 Å². The van der Waals surface area contributed by atoms with Crippen LogP contribution in [-0.2, 0) is 13.5 Å². The Balaban J connectivity index is 1.56. The highest BCUT2D eigenvalue weighted by Gasteiger charge is 2.12. The maximum Gasteiger partial charge on any atom is 0.272 e. The largest absolute Gasteiger partial charge is 0.344 e. The minimum atomic E-state index is -0.247. The predicted molar refractivity (Wildman–Crippen MR) is 103 cm³/mol. The molecule has 4 rings (SSSR count). The van der Waals surface area contributed by atoms with E-state index in [4.69, 9.17) is 0 Å². The number of imidazole rings is 1. The molecule has 2 N–H and O–H groups in total. The van der Waals surface area contributed by atoms with Crippen LogP contribution in [0.3, 0.4) is 0 Å². The van der Waals surface area contributed by atoms with Gasteiger partial charge in [0.25, 0.3) is 5.91 Å². The summed E-state index contributed by atoms with van der Waals surface area (Å²) in [6.45, 7) is 1.95. The van der Waals surface area contributed by atoms with Crippen LogP contribution in [0.4, 0.5) is 10.1 Å². The van der Waals surface area contributed by atoms with Gasteiger partial charge in [-0.2, -0.15) is 0 Å². The van der Waals surface area contributed by atoms with Gasteiger partial charge in [-0.05, 0) is 48.9 Å². The average Bonchev–Trinajstić information content (AvgIpc) is 3.19. The Morgan fingerprint density at radius 1 is 1.19 bits per heavy atom. The quantitative estimate of drug-likeness (QED) is 0.572. The summed E-state index contributed by atoms with van der Waals surface area (Å²) in [6.07, 6.45) is 0.381. The molecular weight excluding hydrogens is 343 g/mol. The van der Waals surface area contributed by atoms with Crippen LogP contribution >= 0.6 is 0 Å². The average molecular weight is 362 g/mol. The molecule has 4 aromatic rings. The number of hydrogen-bond donors (Lipinski definition) is 2. The van der Waals surface area contributed by atoms with Crippen LogP contribution in [0.1, 0.15) is 27.6 Å². The monoisotopic (exact) mass is 362 g/mol. The molecule has 0 aliphatic rings. The van der Waals surface area contributed by atoms with Gasteiger partial charge in [-0.1, -0.05) is 18.2 Å². The summed E-state index contributed by atoms with van der Waals surface area (Å²) in [4.78, 5) is 20.2. The summed E-state index contributed by atoms with van der Waals surface area (Å²) in [5, 5.41) is 2.91. The number of H-pyrrole nitrogens is 1. The number of aromatic nitrogens is 3. The van der Waals surface area contributed by atoms with E-state index < -0.39 is 0 Å². The first-order chi connectivity index (χ1) is 13.0. The summed E-state index contributed by atoms with van der Waals surface area (Å²) in [7, 11) is 1.86. The van der Waals surface area contributed by atoms with Crippen LogP contribution in [0, 0.1) is 12.7 Å². The van der Waals surface area contributed by atoms with Crippen molar-refractivity contribution in [1.29, 1.82) is 0 Å². The first-order valence-corrected chi connectivity index (χ1v) is 8.67. The lowest BCUT2D eigenvalue weighted by Gasteiger charge is -2.07. The van der Waals surface area contributed by atoms with E-state index in [-0.39, 0.29) is 11.7 Å². The van der Waals surface area contributed by atoms with Crippen LogP contribution in [0.2, 0.25) is 0 Å². The number of anilines is 1. The molecule has 2 heterocycles. The van der Waals surface area contributed by atoms with E-state index in [1.807, 2.05) is 42.8 Å². The molecule has 136 valence electrons. The van der Waals surface area contributed by atoms with Gasteiger partial charge in [-0.15, -0.1) is 0 Å². The summed E-state index contributed by atoms with van der Waals surface area (Å²) in [6, 6.07) is 15.8. The van der Waals surface area contributed by atoms with Gasteiger partial charge in [-0.3, -0.25) is 4.79 Å². The smallest absolute Gasteiger partial charge is 0.272 e. The summed E-state index contributed by atoms with van der Waals surface area (Å²) in [5.74, 6) is 0.261. The lowest BCUT2D eigenvalue weighted by molar-refractivity contribution is 0.101. The van der Waals surface area contributed by atoms with E-state index in [1.54, 1.807) is 24.3 Å². The van der Waals surface area contributed by atoms with Crippen molar-refractivity contribution in [2.24, 2.45) is 7.05 Å². The van der Waals surface area contributed by atoms with Crippen molar-refractivity contribution in [2.45, 2.75) is 13.3 Å². The fourth-order valence-electron chi connectivity index (χ4n) is 3.08. The van der Waals surface area contributed by atoms with Crippen LogP contribution in [0.5, 0.6) is 0 Å². The third kappa shape index (κ3) is 3.33. The molecule has 0 fully saturated rings. The number of rotatable bonds is 4. The number of carbonyl (C=O) groups is 1. The highest BCUT2D eigenvalue weighted by Crippen LogP contribution is 2.20. The molecule has 5 nitrogen and oxygen atoms in total. The van der Waals surface area contributed by atoms with E-state index in [0.29, 0.717) is 29.2 Å². The number of aromatic amines is 1. The Morgan fingerprint density at radius 3 is 2.74 bits per heavy atom. The second-order valence-electron chi connectivity index (χ2n) is 6.56. The lowest BCUT2D eigenvalue weighted by Crippen LogP contribution is -2.15. The molecule has 0 saturated carbocycles. The third-order valence-corrected chi connectivity index (χ3v) is 4.71. The van der Waals surface area contributed by atoms with E-state index in [1.165, 1.54) is 6.07 Å². The van der Waals surface area contributed by atoms with Gasteiger partial charge in [0.1, 0.15) is 17.3 Å². The minimum absolute atomic E-state index is 0.170. The molecule has 27 heavy (non-hydrogen) atoms. The predicted octanol–water partition coefficient (Wildman–Crippen LogP) is 4.19. The van der Waals surface area contributed by atoms with Crippen LogP contribution in [0.15, 0.2) is 54.6 Å². The number of carbonyl (C=O) groups excluding carboxylic acids is 1. The highest BCUT2D eigenvalue weighted by atomic mass is 19.1. The molecule has 0 aliphatic carbocycles. The number of hydrogen-bond acceptors (Lipinski definition) is 2. The van der Waals surface area contributed by atoms with Crippen LogP contribution < -0.4 is 5.32 Å². The topological polar surface area (TPSA) is 62.7 Å². The number of fused-ring (bicyclic) bond motifs is 1. The van der Waals surface area contributed by atoms with Crippen LogP contribution in [-0.4, -0.2) is 20.4 Å². The van der Waals surface area contributed by atoms with Crippen molar-refractivity contribution in [3.63, 3.8) is 0 Å². The molecule has 0 aliphatic heterocycles. The SMILES string of the molecule is Cc1ccc(C(=O)Nc2ccc3nc(Cc4ccccc4F)[nH]c3c2)n1C. The molecule has 0 saturated heterocycles. The second-order valence-corrected chi connectivity index (χ2v) is 6.56. The summed E-state index contributed by atoms with van der Waals surface area (Å²) < 4.78 is 15.7. The zero-order valence-electron chi connectivity index (χ0n) is 15.1. The van der Waals surface area contributed by atoms with E-state index >= 15 is 0 Å². The standard InChI is InChI=1S/C21H19FN4O/c1-13-7-10-19(26(13)2)21(27)23-15-8-9-17-18(12-15)25-20(24-17)11-14-5-3-4-6-16(14)22/h3-10,12H,11H2,1-2H3,(H,23,27)(H,24,25). The Bertz CT molecular complexity index is 1140. The maximum absolute atomic E-state index is 13.8. The van der Waals surface area contributed by atoms with Crippen molar-refractivity contribution in [3.8, 4) is 0 Å².